The van der Waals surface area contributed by atoms with E-state index in [2.05, 4.69) is 15.8 Å². The van der Waals surface area contributed by atoms with Crippen molar-refractivity contribution >= 4 is 23.3 Å². The molecule has 116 valence electrons. The van der Waals surface area contributed by atoms with Crippen LogP contribution in [0.3, 0.4) is 0 Å². The van der Waals surface area contributed by atoms with E-state index >= 15 is 0 Å². The molecule has 22 heavy (non-hydrogen) atoms. The van der Waals surface area contributed by atoms with Crippen LogP contribution in [0.25, 0.3) is 0 Å². The van der Waals surface area contributed by atoms with Crippen LogP contribution in [0.15, 0.2) is 34.9 Å². The van der Waals surface area contributed by atoms with E-state index in [1.54, 1.807) is 44.2 Å². The van der Waals surface area contributed by atoms with Crippen molar-refractivity contribution in [1.82, 2.24) is 5.16 Å². The fraction of sp³-hybridized carbons (Fsp3) is 0.267. The van der Waals surface area contributed by atoms with Crippen LogP contribution in [0.2, 0.25) is 0 Å². The average molecular weight is 303 g/mol. The summed E-state index contributed by atoms with van der Waals surface area (Å²) in [5.74, 6) is 0.994. The summed E-state index contributed by atoms with van der Waals surface area (Å²) in [5.41, 5.74) is 0.662. The van der Waals surface area contributed by atoms with Crippen molar-refractivity contribution in [3.63, 3.8) is 0 Å². The normalized spacial score (nSPS) is 11.6. The highest BCUT2D eigenvalue weighted by Crippen LogP contribution is 2.17. The lowest BCUT2D eigenvalue weighted by atomic mass is 10.3. The van der Waals surface area contributed by atoms with Gasteiger partial charge < -0.3 is 19.9 Å². The van der Waals surface area contributed by atoms with Gasteiger partial charge in [-0.15, -0.1) is 0 Å². The minimum atomic E-state index is -0.705. The number of carbonyl (C=O) groups excluding carboxylic acids is 2. The number of anilines is 2. The van der Waals surface area contributed by atoms with Crippen LogP contribution in [0.4, 0.5) is 11.5 Å². The second kappa shape index (κ2) is 6.75. The van der Waals surface area contributed by atoms with E-state index in [0.717, 1.165) is 0 Å². The van der Waals surface area contributed by atoms with Crippen LogP contribution in [0.5, 0.6) is 5.75 Å². The molecule has 2 aromatic rings. The Morgan fingerprint density at radius 2 is 1.91 bits per heavy atom. The van der Waals surface area contributed by atoms with Crippen LogP contribution in [-0.2, 0) is 9.59 Å². The van der Waals surface area contributed by atoms with Crippen LogP contribution in [0, 0.1) is 6.92 Å². The number of nitrogens with one attached hydrogen (secondary N) is 2. The second-order valence-electron chi connectivity index (χ2n) is 4.78. The largest absolute Gasteiger partial charge is 0.481 e. The summed E-state index contributed by atoms with van der Waals surface area (Å²) >= 11 is 0. The molecule has 0 spiro atoms. The number of amides is 2. The van der Waals surface area contributed by atoms with Crippen molar-refractivity contribution in [3.8, 4) is 5.75 Å². The van der Waals surface area contributed by atoms with Crippen molar-refractivity contribution in [3.05, 3.63) is 36.1 Å². The molecule has 1 aromatic carbocycles. The van der Waals surface area contributed by atoms with Gasteiger partial charge in [-0.3, -0.25) is 9.59 Å². The molecule has 1 aromatic heterocycles. The second-order valence-corrected chi connectivity index (χ2v) is 4.78. The predicted molar refractivity (Wildman–Crippen MR) is 80.7 cm³/mol. The van der Waals surface area contributed by atoms with Crippen LogP contribution in [-0.4, -0.2) is 23.1 Å². The van der Waals surface area contributed by atoms with Gasteiger partial charge in [-0.1, -0.05) is 5.16 Å². The Morgan fingerprint density at radius 3 is 2.45 bits per heavy atom. The topological polar surface area (TPSA) is 93.5 Å². The Kier molecular flexibility index (Phi) is 4.77. The number of hydrogen-bond acceptors (Lipinski definition) is 5. The number of benzene rings is 1. The van der Waals surface area contributed by atoms with Gasteiger partial charge in [0.25, 0.3) is 5.91 Å². The first-order valence-electron chi connectivity index (χ1n) is 6.72. The number of nitrogens with zero attached hydrogens (tertiary/aromatic N) is 1. The molecule has 7 nitrogen and oxygen atoms in total. The minimum absolute atomic E-state index is 0.149. The molecule has 2 N–H and O–H groups in total. The molecule has 0 unspecified atom stereocenters. The first-order chi connectivity index (χ1) is 10.4. The number of aryl methyl sites for hydroxylation is 1. The minimum Gasteiger partial charge on any atom is -0.481 e. The summed E-state index contributed by atoms with van der Waals surface area (Å²) in [6, 6.07) is 8.36. The van der Waals surface area contributed by atoms with Gasteiger partial charge in [0, 0.05) is 18.7 Å². The third-order valence-electron chi connectivity index (χ3n) is 2.74. The quantitative estimate of drug-likeness (QED) is 0.884. The molecular formula is C15H17N3O4. The highest BCUT2D eigenvalue weighted by Gasteiger charge is 2.16. The van der Waals surface area contributed by atoms with Gasteiger partial charge in [0.2, 0.25) is 5.91 Å². The van der Waals surface area contributed by atoms with E-state index in [4.69, 9.17) is 9.26 Å². The number of rotatable bonds is 5. The monoisotopic (exact) mass is 303 g/mol. The Morgan fingerprint density at radius 1 is 1.23 bits per heavy atom. The number of hydrogen-bond donors (Lipinski definition) is 2. The fourth-order valence-electron chi connectivity index (χ4n) is 1.73. The standard InChI is InChI=1S/C15H17N3O4/c1-9-8-14(18-22-9)17-15(20)10(2)21-13-6-4-12(5-7-13)16-11(3)19/h4-8,10H,1-3H3,(H,16,19)(H,17,18,20)/t10-/m0/s1. The lowest BCUT2D eigenvalue weighted by molar-refractivity contribution is -0.122. The molecule has 2 amide bonds. The summed E-state index contributed by atoms with van der Waals surface area (Å²) in [7, 11) is 0. The SMILES string of the molecule is CC(=O)Nc1ccc(O[C@@H](C)C(=O)Nc2cc(C)on2)cc1. The molecule has 0 aliphatic heterocycles. The first kappa shape index (κ1) is 15.6. The van der Waals surface area contributed by atoms with Gasteiger partial charge >= 0.3 is 0 Å². The lowest BCUT2D eigenvalue weighted by Crippen LogP contribution is -2.30. The van der Waals surface area contributed by atoms with E-state index in [1.165, 1.54) is 6.92 Å². The summed E-state index contributed by atoms with van der Waals surface area (Å²) in [4.78, 5) is 22.9. The highest BCUT2D eigenvalue weighted by molar-refractivity contribution is 5.93. The van der Waals surface area contributed by atoms with Crippen molar-refractivity contribution < 1.29 is 18.8 Å². The predicted octanol–water partition coefficient (Wildman–Crippen LogP) is 2.35. The summed E-state index contributed by atoms with van der Waals surface area (Å²) < 4.78 is 10.4. The van der Waals surface area contributed by atoms with Gasteiger partial charge in [0.1, 0.15) is 11.5 Å². The first-order valence-corrected chi connectivity index (χ1v) is 6.72. The van der Waals surface area contributed by atoms with Gasteiger partial charge in [-0.05, 0) is 38.1 Å². The summed E-state index contributed by atoms with van der Waals surface area (Å²) in [6.07, 6.45) is -0.705. The number of ether oxygens (including phenoxy) is 1. The van der Waals surface area contributed by atoms with Gasteiger partial charge in [0.05, 0.1) is 0 Å². The maximum atomic E-state index is 12.0. The molecule has 0 aliphatic rings. The van der Waals surface area contributed by atoms with Gasteiger partial charge in [-0.2, -0.15) is 0 Å². The van der Waals surface area contributed by atoms with Crippen LogP contribution >= 0.6 is 0 Å². The maximum absolute atomic E-state index is 12.0. The van der Waals surface area contributed by atoms with Crippen molar-refractivity contribution in [2.24, 2.45) is 0 Å². The van der Waals surface area contributed by atoms with Crippen molar-refractivity contribution in [1.29, 1.82) is 0 Å². The zero-order valence-corrected chi connectivity index (χ0v) is 12.5. The van der Waals surface area contributed by atoms with E-state index in [0.29, 0.717) is 23.0 Å². The Bertz CT molecular complexity index is 664. The highest BCUT2D eigenvalue weighted by atomic mass is 16.5. The average Bonchev–Trinajstić information content (AvgIpc) is 2.85. The lowest BCUT2D eigenvalue weighted by Gasteiger charge is -2.14. The van der Waals surface area contributed by atoms with Gasteiger partial charge in [-0.25, -0.2) is 0 Å². The maximum Gasteiger partial charge on any atom is 0.266 e. The number of aromatic nitrogens is 1. The van der Waals surface area contributed by atoms with Gasteiger partial charge in [0.15, 0.2) is 11.9 Å². The zero-order chi connectivity index (χ0) is 16.1. The van der Waals surface area contributed by atoms with E-state index in [9.17, 15) is 9.59 Å². The fourth-order valence-corrected chi connectivity index (χ4v) is 1.73. The van der Waals surface area contributed by atoms with E-state index in [-0.39, 0.29) is 11.8 Å². The molecule has 0 saturated heterocycles. The van der Waals surface area contributed by atoms with E-state index < -0.39 is 6.10 Å². The molecule has 0 bridgehead atoms. The molecule has 1 atom stereocenters. The molecule has 0 saturated carbocycles. The molecule has 1 heterocycles. The number of carbonyl (C=O) groups is 2. The molecule has 7 heteroatoms. The Hall–Kier alpha value is -2.83. The third kappa shape index (κ3) is 4.34. The Balaban J connectivity index is 1.91. The molecule has 0 aliphatic carbocycles. The smallest absolute Gasteiger partial charge is 0.266 e. The van der Waals surface area contributed by atoms with Crippen LogP contribution < -0.4 is 15.4 Å². The van der Waals surface area contributed by atoms with Crippen LogP contribution in [0.1, 0.15) is 19.6 Å². The summed E-state index contributed by atoms with van der Waals surface area (Å²) in [5, 5.41) is 8.93. The van der Waals surface area contributed by atoms with E-state index in [1.807, 2.05) is 0 Å². The third-order valence-corrected chi connectivity index (χ3v) is 2.74. The zero-order valence-electron chi connectivity index (χ0n) is 12.5. The summed E-state index contributed by atoms with van der Waals surface area (Å²) in [6.45, 7) is 4.80. The molecular weight excluding hydrogens is 286 g/mol. The molecule has 0 radical (unpaired) electrons. The molecule has 2 rings (SSSR count). The van der Waals surface area contributed by atoms with Crippen molar-refractivity contribution in [2.75, 3.05) is 10.6 Å². The Labute approximate surface area is 127 Å². The van der Waals surface area contributed by atoms with Crippen molar-refractivity contribution in [2.45, 2.75) is 26.9 Å². The molecule has 0 fully saturated rings.